The first-order chi connectivity index (χ1) is 8.67. The van der Waals surface area contributed by atoms with E-state index in [4.69, 9.17) is 5.11 Å². The van der Waals surface area contributed by atoms with E-state index >= 15 is 0 Å². The number of nitrogens with zero attached hydrogens (tertiary/aromatic N) is 2. The zero-order valence-corrected chi connectivity index (χ0v) is 10.7. The third-order valence-corrected chi connectivity index (χ3v) is 2.77. The predicted octanol–water partition coefficient (Wildman–Crippen LogP) is 1.35. The smallest absolute Gasteiger partial charge is 0.141 e. The molecule has 4 nitrogen and oxygen atoms in total. The molecule has 1 aromatic rings. The maximum Gasteiger partial charge on any atom is 0.141 e. The molecule has 5 heteroatoms. The molecule has 1 aromatic heterocycles. The second-order valence-corrected chi connectivity index (χ2v) is 4.27. The number of halogens is 1. The summed E-state index contributed by atoms with van der Waals surface area (Å²) in [4.78, 5) is 5.95. The second-order valence-electron chi connectivity index (χ2n) is 4.27. The van der Waals surface area contributed by atoms with E-state index in [0.29, 0.717) is 25.2 Å². The summed E-state index contributed by atoms with van der Waals surface area (Å²) in [6.45, 7) is 4.38. The first-order valence-electron chi connectivity index (χ1n) is 6.30. The fourth-order valence-corrected chi connectivity index (χ4v) is 1.83. The van der Waals surface area contributed by atoms with E-state index in [9.17, 15) is 9.50 Å². The van der Waals surface area contributed by atoms with E-state index in [1.165, 1.54) is 12.1 Å². The number of aliphatic hydroxyl groups excluding tert-OH is 2. The van der Waals surface area contributed by atoms with Gasteiger partial charge in [-0.15, -0.1) is 0 Å². The third-order valence-electron chi connectivity index (χ3n) is 2.77. The number of hydrogen-bond acceptors (Lipinski definition) is 4. The van der Waals surface area contributed by atoms with Crippen molar-refractivity contribution in [3.63, 3.8) is 0 Å². The van der Waals surface area contributed by atoms with Gasteiger partial charge in [0.05, 0.1) is 24.6 Å². The van der Waals surface area contributed by atoms with E-state index in [-0.39, 0.29) is 6.61 Å². The van der Waals surface area contributed by atoms with Gasteiger partial charge in [-0.05, 0) is 31.5 Å². The van der Waals surface area contributed by atoms with Crippen LogP contribution in [-0.4, -0.2) is 46.3 Å². The van der Waals surface area contributed by atoms with Gasteiger partial charge in [-0.2, -0.15) is 0 Å². The lowest BCUT2D eigenvalue weighted by Gasteiger charge is -2.21. The maximum atomic E-state index is 12.7. The zero-order valence-electron chi connectivity index (χ0n) is 10.7. The Balaban J connectivity index is 2.43. The van der Waals surface area contributed by atoms with Crippen molar-refractivity contribution in [2.75, 3.05) is 26.2 Å². The fraction of sp³-hybridized carbons (Fsp3) is 0.615. The van der Waals surface area contributed by atoms with E-state index in [1.807, 2.05) is 0 Å². The lowest BCUT2D eigenvalue weighted by molar-refractivity contribution is 0.128. The summed E-state index contributed by atoms with van der Waals surface area (Å²) >= 11 is 0. The van der Waals surface area contributed by atoms with Crippen molar-refractivity contribution in [2.45, 2.75) is 25.9 Å². The van der Waals surface area contributed by atoms with Gasteiger partial charge >= 0.3 is 0 Å². The molecular formula is C13H21FN2O2. The maximum absolute atomic E-state index is 12.7. The summed E-state index contributed by atoms with van der Waals surface area (Å²) in [5.74, 6) is -0.404. The Bertz CT molecular complexity index is 326. The van der Waals surface area contributed by atoms with Crippen LogP contribution in [0.15, 0.2) is 18.3 Å². The topological polar surface area (TPSA) is 56.6 Å². The van der Waals surface area contributed by atoms with Crippen molar-refractivity contribution in [3.8, 4) is 0 Å². The number of hydrogen-bond donors (Lipinski definition) is 2. The summed E-state index contributed by atoms with van der Waals surface area (Å²) in [5.41, 5.74) is 0.483. The Hall–Kier alpha value is -1.04. The third kappa shape index (κ3) is 5.08. The van der Waals surface area contributed by atoms with Crippen molar-refractivity contribution in [1.82, 2.24) is 9.88 Å². The molecule has 0 aliphatic heterocycles. The van der Waals surface area contributed by atoms with Crippen LogP contribution in [-0.2, 0) is 0 Å². The van der Waals surface area contributed by atoms with E-state index in [1.54, 1.807) is 0 Å². The van der Waals surface area contributed by atoms with Crippen LogP contribution in [0.3, 0.4) is 0 Å². The van der Waals surface area contributed by atoms with Gasteiger partial charge < -0.3 is 15.1 Å². The van der Waals surface area contributed by atoms with Crippen molar-refractivity contribution < 1.29 is 14.6 Å². The highest BCUT2D eigenvalue weighted by Gasteiger charge is 2.11. The van der Waals surface area contributed by atoms with Gasteiger partial charge in [-0.1, -0.05) is 6.92 Å². The summed E-state index contributed by atoms with van der Waals surface area (Å²) < 4.78 is 12.7. The Labute approximate surface area is 107 Å². The molecule has 102 valence electrons. The molecule has 1 rings (SSSR count). The van der Waals surface area contributed by atoms with Gasteiger partial charge in [0.25, 0.3) is 0 Å². The van der Waals surface area contributed by atoms with Crippen LogP contribution in [0.5, 0.6) is 0 Å². The quantitative estimate of drug-likeness (QED) is 0.737. The van der Waals surface area contributed by atoms with E-state index in [2.05, 4.69) is 16.8 Å². The Morgan fingerprint density at radius 2 is 2.11 bits per heavy atom. The molecule has 0 aliphatic carbocycles. The zero-order chi connectivity index (χ0) is 13.4. The van der Waals surface area contributed by atoms with Crippen molar-refractivity contribution in [2.24, 2.45) is 0 Å². The molecule has 1 atom stereocenters. The fourth-order valence-electron chi connectivity index (χ4n) is 1.83. The standard InChI is InChI=1S/C13H21FN2O2/c1-2-6-16(8-9-17)7-5-13(18)12-4-3-11(14)10-15-12/h3-4,10,13,17-18H,2,5-9H2,1H3. The van der Waals surface area contributed by atoms with Gasteiger partial charge in [-0.3, -0.25) is 4.98 Å². The number of pyridine rings is 1. The Kier molecular flexibility index (Phi) is 6.78. The highest BCUT2D eigenvalue weighted by atomic mass is 19.1. The highest BCUT2D eigenvalue weighted by molar-refractivity contribution is 5.07. The van der Waals surface area contributed by atoms with Gasteiger partial charge in [0, 0.05) is 13.1 Å². The summed E-state index contributed by atoms with van der Waals surface area (Å²) in [5, 5.41) is 18.8. The largest absolute Gasteiger partial charge is 0.395 e. The molecule has 18 heavy (non-hydrogen) atoms. The number of rotatable bonds is 8. The SMILES string of the molecule is CCCN(CCO)CCC(O)c1ccc(F)cn1. The molecule has 0 saturated heterocycles. The lowest BCUT2D eigenvalue weighted by Crippen LogP contribution is -2.29. The number of aromatic nitrogens is 1. The molecule has 0 bridgehead atoms. The van der Waals surface area contributed by atoms with Gasteiger partial charge in [0.1, 0.15) is 5.82 Å². The molecule has 0 fully saturated rings. The minimum atomic E-state index is -0.691. The van der Waals surface area contributed by atoms with Crippen molar-refractivity contribution >= 4 is 0 Å². The average Bonchev–Trinajstić information content (AvgIpc) is 2.37. The summed E-state index contributed by atoms with van der Waals surface area (Å²) in [6, 6.07) is 2.79. The minimum absolute atomic E-state index is 0.116. The van der Waals surface area contributed by atoms with Crippen LogP contribution in [0.1, 0.15) is 31.6 Å². The Morgan fingerprint density at radius 1 is 1.33 bits per heavy atom. The van der Waals surface area contributed by atoms with Crippen LogP contribution in [0.25, 0.3) is 0 Å². The number of aliphatic hydroxyl groups is 2. The molecule has 0 saturated carbocycles. The van der Waals surface area contributed by atoms with Gasteiger partial charge in [-0.25, -0.2) is 4.39 Å². The van der Waals surface area contributed by atoms with E-state index in [0.717, 1.165) is 19.2 Å². The van der Waals surface area contributed by atoms with Crippen LogP contribution in [0, 0.1) is 5.82 Å². The monoisotopic (exact) mass is 256 g/mol. The highest BCUT2D eigenvalue weighted by Crippen LogP contribution is 2.14. The molecular weight excluding hydrogens is 235 g/mol. The first kappa shape index (κ1) is 15.0. The van der Waals surface area contributed by atoms with E-state index < -0.39 is 11.9 Å². The lowest BCUT2D eigenvalue weighted by atomic mass is 10.1. The normalized spacial score (nSPS) is 12.9. The molecule has 0 spiro atoms. The van der Waals surface area contributed by atoms with Crippen molar-refractivity contribution in [3.05, 3.63) is 29.8 Å². The van der Waals surface area contributed by atoms with Crippen LogP contribution >= 0.6 is 0 Å². The molecule has 1 unspecified atom stereocenters. The van der Waals surface area contributed by atoms with Gasteiger partial charge in [0.2, 0.25) is 0 Å². The molecule has 0 aliphatic rings. The first-order valence-corrected chi connectivity index (χ1v) is 6.30. The minimum Gasteiger partial charge on any atom is -0.395 e. The molecule has 1 heterocycles. The van der Waals surface area contributed by atoms with Crippen LogP contribution < -0.4 is 0 Å². The molecule has 2 N–H and O–H groups in total. The van der Waals surface area contributed by atoms with Gasteiger partial charge in [0.15, 0.2) is 0 Å². The predicted molar refractivity (Wildman–Crippen MR) is 67.6 cm³/mol. The molecule has 0 aromatic carbocycles. The Morgan fingerprint density at radius 3 is 2.67 bits per heavy atom. The van der Waals surface area contributed by atoms with Crippen LogP contribution in [0.2, 0.25) is 0 Å². The second kappa shape index (κ2) is 8.13. The van der Waals surface area contributed by atoms with Crippen LogP contribution in [0.4, 0.5) is 4.39 Å². The summed E-state index contributed by atoms with van der Waals surface area (Å²) in [7, 11) is 0. The summed E-state index contributed by atoms with van der Waals surface area (Å²) in [6.07, 6.45) is 1.95. The van der Waals surface area contributed by atoms with Crippen molar-refractivity contribution in [1.29, 1.82) is 0 Å². The average molecular weight is 256 g/mol. The molecule has 0 radical (unpaired) electrons. The molecule has 0 amide bonds.